The number of para-hydroxylation sites is 1. The summed E-state index contributed by atoms with van der Waals surface area (Å²) < 4.78 is 0. The number of nitrogens with zero attached hydrogens (tertiary/aromatic N) is 1. The molecule has 0 saturated carbocycles. The molecule has 3 aliphatic heterocycles. The maximum Gasteiger partial charge on any atom is 0.232 e. The Morgan fingerprint density at radius 1 is 1.25 bits per heavy atom. The van der Waals surface area contributed by atoms with Crippen molar-refractivity contribution in [1.29, 1.82) is 0 Å². The molecular weight excluding hydrogens is 245 g/mol. The zero-order chi connectivity index (χ0) is 10.5. The van der Waals surface area contributed by atoms with Gasteiger partial charge in [-0.3, -0.25) is 4.79 Å². The van der Waals surface area contributed by atoms with Crippen LogP contribution >= 0.6 is 24.0 Å². The number of carbonyl (C=O) groups is 1. The zero-order valence-electron chi connectivity index (χ0n) is 8.78. The Labute approximate surface area is 106 Å². The fraction of sp³-hybridized carbons (Fsp3) is 0.417. The van der Waals surface area contributed by atoms with Gasteiger partial charge in [0.1, 0.15) is 0 Å². The maximum absolute atomic E-state index is 11.7. The normalized spacial score (nSPS) is 19.9. The molecule has 16 heavy (non-hydrogen) atoms. The average molecular weight is 258 g/mol. The van der Waals surface area contributed by atoms with Crippen LogP contribution in [-0.4, -0.2) is 18.3 Å². The van der Waals surface area contributed by atoms with Crippen molar-refractivity contribution in [2.45, 2.75) is 18.3 Å². The van der Waals surface area contributed by atoms with E-state index in [1.807, 2.05) is 18.2 Å². The molecule has 3 aliphatic rings. The summed E-state index contributed by atoms with van der Waals surface area (Å²) in [5, 5.41) is -0.186. The van der Waals surface area contributed by atoms with Gasteiger partial charge >= 0.3 is 0 Å². The van der Waals surface area contributed by atoms with Crippen LogP contribution in [0.25, 0.3) is 0 Å². The van der Waals surface area contributed by atoms with Gasteiger partial charge in [0.05, 0.1) is 5.41 Å². The summed E-state index contributed by atoms with van der Waals surface area (Å²) in [5.74, 6) is 0. The van der Waals surface area contributed by atoms with Gasteiger partial charge in [0.2, 0.25) is 5.24 Å². The molecule has 3 heterocycles. The number of hydrogen-bond acceptors (Lipinski definition) is 2. The first-order valence-electron chi connectivity index (χ1n) is 5.28. The number of anilines is 1. The molecule has 0 aliphatic carbocycles. The number of carbonyl (C=O) groups excluding carboxylic acids is 1. The third-order valence-corrected chi connectivity index (χ3v) is 4.12. The van der Waals surface area contributed by atoms with Crippen LogP contribution in [0, 0.1) is 0 Å². The van der Waals surface area contributed by atoms with E-state index in [-0.39, 0.29) is 17.6 Å². The van der Waals surface area contributed by atoms with E-state index in [9.17, 15) is 4.79 Å². The summed E-state index contributed by atoms with van der Waals surface area (Å²) in [6.45, 7) is 1.91. The van der Waals surface area contributed by atoms with Gasteiger partial charge < -0.3 is 4.90 Å². The van der Waals surface area contributed by atoms with Crippen molar-refractivity contribution < 1.29 is 4.79 Å². The molecule has 0 N–H and O–H groups in total. The van der Waals surface area contributed by atoms with Crippen LogP contribution in [0.1, 0.15) is 18.4 Å². The molecule has 0 aromatic heterocycles. The van der Waals surface area contributed by atoms with Crippen LogP contribution < -0.4 is 4.90 Å². The van der Waals surface area contributed by atoms with Gasteiger partial charge in [0.25, 0.3) is 0 Å². The Kier molecular flexibility index (Phi) is 2.89. The smallest absolute Gasteiger partial charge is 0.232 e. The van der Waals surface area contributed by atoms with E-state index in [1.165, 1.54) is 5.69 Å². The second kappa shape index (κ2) is 3.94. The molecule has 2 nitrogen and oxygen atoms in total. The Balaban J connectivity index is 0.000000963. The fourth-order valence-corrected chi connectivity index (χ4v) is 3.15. The fourth-order valence-electron chi connectivity index (χ4n) is 2.86. The minimum Gasteiger partial charge on any atom is -0.371 e. The molecule has 0 radical (unpaired) electrons. The maximum atomic E-state index is 11.7. The summed E-state index contributed by atoms with van der Waals surface area (Å²) in [4.78, 5) is 14.0. The van der Waals surface area contributed by atoms with Crippen LogP contribution in [0.3, 0.4) is 0 Å². The summed E-state index contributed by atoms with van der Waals surface area (Å²) in [5.41, 5.74) is 1.93. The topological polar surface area (TPSA) is 20.3 Å². The molecular formula is C12H13Cl2NO. The highest BCUT2D eigenvalue weighted by Gasteiger charge is 2.47. The Morgan fingerprint density at radius 3 is 2.50 bits per heavy atom. The van der Waals surface area contributed by atoms with E-state index < -0.39 is 5.41 Å². The zero-order valence-corrected chi connectivity index (χ0v) is 10.4. The minimum atomic E-state index is -0.396. The van der Waals surface area contributed by atoms with Crippen LogP contribution in [0.2, 0.25) is 0 Å². The number of rotatable bonds is 1. The van der Waals surface area contributed by atoms with Gasteiger partial charge in [-0.15, -0.1) is 12.4 Å². The number of fused-ring (bicyclic) bond motifs is 2. The molecule has 4 rings (SSSR count). The molecule has 0 atom stereocenters. The number of hydrogen-bond donors (Lipinski definition) is 0. The van der Waals surface area contributed by atoms with Gasteiger partial charge in [0.15, 0.2) is 0 Å². The van der Waals surface area contributed by atoms with Crippen LogP contribution in [0.4, 0.5) is 5.69 Å². The van der Waals surface area contributed by atoms with Crippen molar-refractivity contribution in [2.75, 3.05) is 18.0 Å². The van der Waals surface area contributed by atoms with E-state index >= 15 is 0 Å². The molecule has 1 aromatic rings. The quantitative estimate of drug-likeness (QED) is 0.722. The van der Waals surface area contributed by atoms with Gasteiger partial charge in [-0.25, -0.2) is 0 Å². The van der Waals surface area contributed by atoms with Crippen LogP contribution in [0.15, 0.2) is 24.3 Å². The first-order valence-corrected chi connectivity index (χ1v) is 5.66. The van der Waals surface area contributed by atoms with Gasteiger partial charge in [0, 0.05) is 18.8 Å². The SMILES string of the molecule is Cl.O=C(Cl)C12CCN(CC1)c1ccccc12. The third-order valence-electron chi connectivity index (χ3n) is 3.75. The van der Waals surface area contributed by atoms with Crippen molar-refractivity contribution in [1.82, 2.24) is 0 Å². The third kappa shape index (κ3) is 1.36. The molecule has 86 valence electrons. The summed E-state index contributed by atoms with van der Waals surface area (Å²) in [6, 6.07) is 8.14. The van der Waals surface area contributed by atoms with Crippen molar-refractivity contribution in [3.05, 3.63) is 29.8 Å². The lowest BCUT2D eigenvalue weighted by molar-refractivity contribution is -0.117. The van der Waals surface area contributed by atoms with E-state index in [0.29, 0.717) is 0 Å². The highest BCUT2D eigenvalue weighted by Crippen LogP contribution is 2.47. The molecule has 1 saturated heterocycles. The van der Waals surface area contributed by atoms with Crippen molar-refractivity contribution in [3.8, 4) is 0 Å². The Morgan fingerprint density at radius 2 is 1.88 bits per heavy atom. The van der Waals surface area contributed by atoms with Gasteiger partial charge in [-0.2, -0.15) is 0 Å². The lowest BCUT2D eigenvalue weighted by atomic mass is 9.69. The summed E-state index contributed by atoms with van der Waals surface area (Å²) in [7, 11) is 0. The second-order valence-electron chi connectivity index (χ2n) is 4.36. The van der Waals surface area contributed by atoms with Crippen LogP contribution in [-0.2, 0) is 10.2 Å². The minimum absolute atomic E-state index is 0. The first-order chi connectivity index (χ1) is 7.24. The van der Waals surface area contributed by atoms with Crippen molar-refractivity contribution in [2.24, 2.45) is 0 Å². The van der Waals surface area contributed by atoms with E-state index in [4.69, 9.17) is 11.6 Å². The summed E-state index contributed by atoms with van der Waals surface area (Å²) in [6.07, 6.45) is 1.73. The van der Waals surface area contributed by atoms with Crippen molar-refractivity contribution in [3.63, 3.8) is 0 Å². The second-order valence-corrected chi connectivity index (χ2v) is 4.70. The molecule has 0 spiro atoms. The number of halogens is 2. The molecule has 0 amide bonds. The Bertz CT molecular complexity index is 425. The standard InChI is InChI=1S/C12H12ClNO.ClH/c13-11(15)12-5-7-14(8-6-12)10-4-2-1-3-9(10)12;/h1-4H,5-8H2;1H. The van der Waals surface area contributed by atoms with Gasteiger partial charge in [-0.05, 0) is 36.1 Å². The van der Waals surface area contributed by atoms with E-state index in [2.05, 4.69) is 11.0 Å². The average Bonchev–Trinajstić information content (AvgIpc) is 2.31. The number of benzene rings is 1. The Hall–Kier alpha value is -0.730. The molecule has 0 unspecified atom stereocenters. The predicted octanol–water partition coefficient (Wildman–Crippen LogP) is 2.73. The van der Waals surface area contributed by atoms with E-state index in [0.717, 1.165) is 31.5 Å². The lowest BCUT2D eigenvalue weighted by Gasteiger charge is -2.48. The highest BCUT2D eigenvalue weighted by molar-refractivity contribution is 6.65. The van der Waals surface area contributed by atoms with Crippen molar-refractivity contribution >= 4 is 34.9 Å². The largest absolute Gasteiger partial charge is 0.371 e. The predicted molar refractivity (Wildman–Crippen MR) is 67.7 cm³/mol. The first kappa shape index (κ1) is 11.7. The molecule has 1 fully saturated rings. The summed E-state index contributed by atoms with van der Waals surface area (Å²) >= 11 is 5.81. The van der Waals surface area contributed by atoms with Crippen LogP contribution in [0.5, 0.6) is 0 Å². The highest BCUT2D eigenvalue weighted by atomic mass is 35.5. The van der Waals surface area contributed by atoms with Gasteiger partial charge in [-0.1, -0.05) is 18.2 Å². The number of piperidine rings is 1. The monoisotopic (exact) mass is 257 g/mol. The molecule has 1 aromatic carbocycles. The lowest BCUT2D eigenvalue weighted by Crippen LogP contribution is -2.51. The van der Waals surface area contributed by atoms with E-state index in [1.54, 1.807) is 0 Å². The molecule has 2 bridgehead atoms. The molecule has 4 heteroatoms.